The van der Waals surface area contributed by atoms with E-state index in [-0.39, 0.29) is 11.3 Å². The number of hydrogen-bond donors (Lipinski definition) is 5. The lowest BCUT2D eigenvalue weighted by molar-refractivity contribution is 0.0980. The molecule has 37 heavy (non-hydrogen) atoms. The average molecular weight is 569 g/mol. The van der Waals surface area contributed by atoms with Crippen molar-refractivity contribution in [2.45, 2.75) is 21.6 Å². The van der Waals surface area contributed by atoms with Crippen molar-refractivity contribution >= 4 is 59.0 Å². The third-order valence-corrected chi connectivity index (χ3v) is 8.21. The molecule has 6 N–H and O–H groups in total. The molecule has 0 fully saturated rings. The van der Waals surface area contributed by atoms with Crippen molar-refractivity contribution in [3.8, 4) is 0 Å². The molecule has 0 saturated heterocycles. The van der Waals surface area contributed by atoms with Crippen molar-refractivity contribution < 1.29 is 48.5 Å². The van der Waals surface area contributed by atoms with Crippen LogP contribution in [0.5, 0.6) is 0 Å². The fourth-order valence-electron chi connectivity index (χ4n) is 3.84. The second-order valence-electron chi connectivity index (χ2n) is 7.98. The second-order valence-corrected chi connectivity index (χ2v) is 12.2. The van der Waals surface area contributed by atoms with Crippen molar-refractivity contribution in [2.24, 2.45) is 0 Å². The van der Waals surface area contributed by atoms with E-state index in [0.717, 1.165) is 36.4 Å². The van der Waals surface area contributed by atoms with Gasteiger partial charge in [0.15, 0.2) is 11.6 Å². The molecule has 0 radical (unpaired) electrons. The molecule has 194 valence electrons. The largest absolute Gasteiger partial charge is 0.397 e. The summed E-state index contributed by atoms with van der Waals surface area (Å²) >= 11 is 0. The number of rotatable bonds is 5. The summed E-state index contributed by atoms with van der Waals surface area (Å²) in [6.07, 6.45) is 0. The molecule has 1 aliphatic rings. The molecule has 0 bridgehead atoms. The van der Waals surface area contributed by atoms with Gasteiger partial charge < -0.3 is 11.1 Å². The Labute approximate surface area is 210 Å². The molecule has 13 nitrogen and oxygen atoms in total. The molecule has 0 heterocycles. The Kier molecular flexibility index (Phi) is 6.02. The summed E-state index contributed by atoms with van der Waals surface area (Å²) in [5, 5.41) is 2.63. The van der Waals surface area contributed by atoms with Crippen LogP contribution in [0.25, 0.3) is 0 Å². The van der Waals surface area contributed by atoms with Gasteiger partial charge in [-0.05, 0) is 48.9 Å². The van der Waals surface area contributed by atoms with Crippen LogP contribution in [0.15, 0.2) is 57.2 Å². The van der Waals surface area contributed by atoms with Gasteiger partial charge in [-0.25, -0.2) is 0 Å². The molecule has 3 aromatic carbocycles. The number of aryl methyl sites for hydroxylation is 1. The second kappa shape index (κ2) is 8.44. The lowest BCUT2D eigenvalue weighted by atomic mass is 9.82. The molecule has 16 heteroatoms. The van der Waals surface area contributed by atoms with Crippen LogP contribution >= 0.6 is 0 Å². The minimum absolute atomic E-state index is 0.0406. The summed E-state index contributed by atoms with van der Waals surface area (Å²) in [5.41, 5.74) is 3.12. The van der Waals surface area contributed by atoms with Crippen LogP contribution in [0.2, 0.25) is 0 Å². The van der Waals surface area contributed by atoms with Crippen LogP contribution in [-0.2, 0) is 30.4 Å². The Hall–Kier alpha value is -3.67. The van der Waals surface area contributed by atoms with Gasteiger partial charge in [0.1, 0.15) is 4.90 Å². The first-order valence-corrected chi connectivity index (χ1v) is 14.2. The van der Waals surface area contributed by atoms with Gasteiger partial charge in [-0.15, -0.1) is 0 Å². The first-order chi connectivity index (χ1) is 16.9. The quantitative estimate of drug-likeness (QED) is 0.171. The number of ketones is 2. The molecule has 1 aliphatic carbocycles. The molecule has 0 atom stereocenters. The number of nitrogen functional groups attached to an aromatic ring is 1. The standard InChI is InChI=1S/C21H16N2O11S3/c1-9-2-3-11(36(29,30)31)7-14(9)23-15-8-16(37(32,33)34)19(22)18-17(15)21(25)13-6-10(35(26,27)28)4-5-12(13)20(18)24/h2-8,23H,22H2,1H3,(H,26,27,28)(H,29,30,31)(H,32,33,34). The fraction of sp³-hybridized carbons (Fsp3) is 0.0476. The maximum Gasteiger partial charge on any atom is 0.296 e. The van der Waals surface area contributed by atoms with Crippen molar-refractivity contribution in [3.63, 3.8) is 0 Å². The van der Waals surface area contributed by atoms with E-state index in [1.165, 1.54) is 13.0 Å². The smallest absolute Gasteiger partial charge is 0.296 e. The van der Waals surface area contributed by atoms with Gasteiger partial charge in [-0.1, -0.05) is 6.07 Å². The van der Waals surface area contributed by atoms with E-state index in [9.17, 15) is 48.5 Å². The lowest BCUT2D eigenvalue weighted by Crippen LogP contribution is -2.25. The predicted molar refractivity (Wildman–Crippen MR) is 128 cm³/mol. The summed E-state index contributed by atoms with van der Waals surface area (Å²) < 4.78 is 98.8. The summed E-state index contributed by atoms with van der Waals surface area (Å²) in [7, 11) is -14.5. The molecule has 0 aromatic heterocycles. The third kappa shape index (κ3) is 4.61. The van der Waals surface area contributed by atoms with Crippen molar-refractivity contribution in [2.75, 3.05) is 11.1 Å². The Balaban J connectivity index is 2.04. The first kappa shape index (κ1) is 26.4. The van der Waals surface area contributed by atoms with Crippen molar-refractivity contribution in [1.29, 1.82) is 0 Å². The van der Waals surface area contributed by atoms with Crippen LogP contribution in [-0.4, -0.2) is 50.5 Å². The number of carbonyl (C=O) groups excluding carboxylic acids is 2. The minimum atomic E-state index is -5.04. The van der Waals surface area contributed by atoms with E-state index >= 15 is 0 Å². The van der Waals surface area contributed by atoms with Crippen molar-refractivity contribution in [1.82, 2.24) is 0 Å². The van der Waals surface area contributed by atoms with Crippen molar-refractivity contribution in [3.05, 3.63) is 70.3 Å². The van der Waals surface area contributed by atoms with Crippen LogP contribution in [0.3, 0.4) is 0 Å². The highest BCUT2D eigenvalue weighted by atomic mass is 32.2. The van der Waals surface area contributed by atoms with E-state index in [0.29, 0.717) is 5.56 Å². The number of nitrogens with one attached hydrogen (secondary N) is 1. The van der Waals surface area contributed by atoms with Crippen LogP contribution in [0.1, 0.15) is 37.4 Å². The highest BCUT2D eigenvalue weighted by Gasteiger charge is 2.37. The highest BCUT2D eigenvalue weighted by Crippen LogP contribution is 2.41. The molecular formula is C21H16N2O11S3. The van der Waals surface area contributed by atoms with Gasteiger partial charge in [0, 0.05) is 16.8 Å². The molecule has 0 unspecified atom stereocenters. The number of benzene rings is 3. The zero-order valence-corrected chi connectivity index (χ0v) is 20.9. The third-order valence-electron chi connectivity index (χ3n) is 5.62. The average Bonchev–Trinajstić information content (AvgIpc) is 2.77. The molecule has 0 amide bonds. The Morgan fingerprint density at radius 1 is 0.676 bits per heavy atom. The van der Waals surface area contributed by atoms with Gasteiger partial charge in [-0.3, -0.25) is 23.2 Å². The van der Waals surface area contributed by atoms with Crippen LogP contribution < -0.4 is 11.1 Å². The number of nitrogens with two attached hydrogens (primary N) is 1. The van der Waals surface area contributed by atoms with Crippen LogP contribution in [0.4, 0.5) is 17.1 Å². The monoisotopic (exact) mass is 568 g/mol. The summed E-state index contributed by atoms with van der Waals surface area (Å²) in [6.45, 7) is 1.50. The van der Waals surface area contributed by atoms with E-state index in [1.807, 2.05) is 0 Å². The summed E-state index contributed by atoms with van der Waals surface area (Å²) in [6, 6.07) is 6.64. The van der Waals surface area contributed by atoms with E-state index in [4.69, 9.17) is 5.73 Å². The summed E-state index contributed by atoms with van der Waals surface area (Å²) in [5.74, 6) is -1.98. The maximum absolute atomic E-state index is 13.5. The Morgan fingerprint density at radius 2 is 1.22 bits per heavy atom. The molecule has 0 aliphatic heterocycles. The molecule has 0 saturated carbocycles. The highest BCUT2D eigenvalue weighted by molar-refractivity contribution is 7.86. The van der Waals surface area contributed by atoms with Gasteiger partial charge in [0.2, 0.25) is 0 Å². The number of carbonyl (C=O) groups is 2. The molecule has 4 rings (SSSR count). The Bertz CT molecular complexity index is 1880. The van der Waals surface area contributed by atoms with E-state index < -0.39 is 84.7 Å². The number of anilines is 3. The van der Waals surface area contributed by atoms with Gasteiger partial charge >= 0.3 is 0 Å². The predicted octanol–water partition coefficient (Wildman–Crippen LogP) is 1.84. The molecular weight excluding hydrogens is 552 g/mol. The topological polar surface area (TPSA) is 235 Å². The minimum Gasteiger partial charge on any atom is -0.397 e. The number of fused-ring (bicyclic) bond motifs is 2. The van der Waals surface area contributed by atoms with Gasteiger partial charge in [0.25, 0.3) is 30.4 Å². The maximum atomic E-state index is 13.5. The normalized spacial score (nSPS) is 13.7. The fourth-order valence-corrected chi connectivity index (χ4v) is 5.50. The molecule has 3 aromatic rings. The lowest BCUT2D eigenvalue weighted by Gasteiger charge is -2.24. The SMILES string of the molecule is Cc1ccc(S(=O)(=O)O)cc1Nc1cc(S(=O)(=O)O)c(N)c2c1C(=O)c1cc(S(=O)(=O)O)ccc1C2=O. The molecule has 0 spiro atoms. The van der Waals surface area contributed by atoms with E-state index in [1.54, 1.807) is 0 Å². The van der Waals surface area contributed by atoms with Gasteiger partial charge in [-0.2, -0.15) is 25.3 Å². The van der Waals surface area contributed by atoms with Gasteiger partial charge in [0.05, 0.1) is 32.3 Å². The zero-order chi connectivity index (χ0) is 27.7. The first-order valence-electron chi connectivity index (χ1n) is 9.91. The Morgan fingerprint density at radius 3 is 1.78 bits per heavy atom. The zero-order valence-electron chi connectivity index (χ0n) is 18.5. The summed E-state index contributed by atoms with van der Waals surface area (Å²) in [4.78, 5) is 24.6. The number of hydrogen-bond acceptors (Lipinski definition) is 10. The van der Waals surface area contributed by atoms with E-state index in [2.05, 4.69) is 5.32 Å². The van der Waals surface area contributed by atoms with Crippen LogP contribution in [0, 0.1) is 6.92 Å².